The van der Waals surface area contributed by atoms with Gasteiger partial charge in [0.05, 0.1) is 0 Å². The van der Waals surface area contributed by atoms with E-state index in [0.717, 1.165) is 12.8 Å². The number of hydrogen-bond donors (Lipinski definition) is 1. The second-order valence-electron chi connectivity index (χ2n) is 5.08. The van der Waals surface area contributed by atoms with Gasteiger partial charge in [0, 0.05) is 6.42 Å². The molecule has 0 saturated carbocycles. The molecular formula is C15H20O. The van der Waals surface area contributed by atoms with Crippen molar-refractivity contribution in [3.63, 3.8) is 0 Å². The van der Waals surface area contributed by atoms with Crippen LogP contribution in [-0.2, 0) is 6.42 Å². The number of rotatable bonds is 2. The van der Waals surface area contributed by atoms with Gasteiger partial charge in [0.25, 0.3) is 0 Å². The van der Waals surface area contributed by atoms with Crippen molar-refractivity contribution < 1.29 is 5.11 Å². The van der Waals surface area contributed by atoms with E-state index in [9.17, 15) is 5.11 Å². The van der Waals surface area contributed by atoms with E-state index in [-0.39, 0.29) is 5.41 Å². The summed E-state index contributed by atoms with van der Waals surface area (Å²) in [6, 6.07) is 10.3. The molecule has 1 N–H and O–H groups in total. The van der Waals surface area contributed by atoms with Crippen molar-refractivity contribution in [1.82, 2.24) is 0 Å². The number of aliphatic hydroxyl groups is 1. The molecule has 0 amide bonds. The van der Waals surface area contributed by atoms with E-state index in [1.165, 1.54) is 5.56 Å². The van der Waals surface area contributed by atoms with Crippen LogP contribution in [0.1, 0.15) is 32.8 Å². The van der Waals surface area contributed by atoms with E-state index in [1.807, 2.05) is 39.0 Å². The lowest BCUT2D eigenvalue weighted by molar-refractivity contribution is 0.114. The molecule has 0 aromatic heterocycles. The number of benzene rings is 1. The third-order valence-corrected chi connectivity index (χ3v) is 2.44. The summed E-state index contributed by atoms with van der Waals surface area (Å²) in [6.45, 7) is 5.97. The first-order chi connectivity index (χ1) is 7.50. The maximum absolute atomic E-state index is 9.71. The molecule has 1 nitrogen and oxygen atoms in total. The molecule has 1 atom stereocenters. The zero-order chi connectivity index (χ0) is 12.0. The Hall–Kier alpha value is -1.26. The van der Waals surface area contributed by atoms with Crippen molar-refractivity contribution in [2.75, 3.05) is 0 Å². The summed E-state index contributed by atoms with van der Waals surface area (Å²) >= 11 is 0. The minimum absolute atomic E-state index is 0.153. The van der Waals surface area contributed by atoms with Gasteiger partial charge in [0.15, 0.2) is 0 Å². The van der Waals surface area contributed by atoms with Gasteiger partial charge in [-0.2, -0.15) is 0 Å². The fourth-order valence-corrected chi connectivity index (χ4v) is 1.24. The minimum atomic E-state index is -0.539. The Morgan fingerprint density at radius 2 is 1.81 bits per heavy atom. The SMILES string of the molecule is CC(C)(C)C(O)C#CCCc1ccccc1. The van der Waals surface area contributed by atoms with Crippen LogP contribution in [0.5, 0.6) is 0 Å². The van der Waals surface area contributed by atoms with Crippen LogP contribution in [0.3, 0.4) is 0 Å². The Balaban J connectivity index is 2.39. The Bertz CT molecular complexity index is 362. The molecule has 0 spiro atoms. The molecule has 0 aliphatic carbocycles. The first kappa shape index (κ1) is 12.8. The molecular weight excluding hydrogens is 196 g/mol. The third-order valence-electron chi connectivity index (χ3n) is 2.44. The fourth-order valence-electron chi connectivity index (χ4n) is 1.24. The summed E-state index contributed by atoms with van der Waals surface area (Å²) in [7, 11) is 0. The largest absolute Gasteiger partial charge is 0.380 e. The van der Waals surface area contributed by atoms with Crippen molar-refractivity contribution in [2.24, 2.45) is 5.41 Å². The van der Waals surface area contributed by atoms with Crippen molar-refractivity contribution >= 4 is 0 Å². The zero-order valence-electron chi connectivity index (χ0n) is 10.3. The van der Waals surface area contributed by atoms with Crippen molar-refractivity contribution in [3.8, 4) is 11.8 Å². The molecule has 1 aromatic rings. The molecule has 0 aliphatic rings. The molecule has 0 bridgehead atoms. The van der Waals surface area contributed by atoms with Crippen molar-refractivity contribution in [3.05, 3.63) is 35.9 Å². The molecule has 1 aromatic carbocycles. The summed E-state index contributed by atoms with van der Waals surface area (Å²) in [5, 5.41) is 9.71. The van der Waals surface area contributed by atoms with Gasteiger partial charge in [-0.25, -0.2) is 0 Å². The van der Waals surface area contributed by atoms with Crippen LogP contribution in [0.2, 0.25) is 0 Å². The molecule has 0 fully saturated rings. The van der Waals surface area contributed by atoms with E-state index in [0.29, 0.717) is 0 Å². The lowest BCUT2D eigenvalue weighted by Crippen LogP contribution is -2.23. The summed E-state index contributed by atoms with van der Waals surface area (Å²) in [4.78, 5) is 0. The normalized spacial score (nSPS) is 12.8. The highest BCUT2D eigenvalue weighted by molar-refractivity contribution is 5.17. The Morgan fingerprint density at radius 1 is 1.19 bits per heavy atom. The predicted molar refractivity (Wildman–Crippen MR) is 68.0 cm³/mol. The van der Waals surface area contributed by atoms with E-state index in [1.54, 1.807) is 0 Å². The topological polar surface area (TPSA) is 20.2 Å². The minimum Gasteiger partial charge on any atom is -0.380 e. The predicted octanol–water partition coefficient (Wildman–Crippen LogP) is 3.03. The second-order valence-corrected chi connectivity index (χ2v) is 5.08. The fraction of sp³-hybridized carbons (Fsp3) is 0.467. The standard InChI is InChI=1S/C15H20O/c1-15(2,3)14(16)12-8-7-11-13-9-5-4-6-10-13/h4-6,9-10,14,16H,7,11H2,1-3H3. The van der Waals surface area contributed by atoms with Crippen LogP contribution in [0.4, 0.5) is 0 Å². The van der Waals surface area contributed by atoms with Crippen molar-refractivity contribution in [2.45, 2.75) is 39.7 Å². The smallest absolute Gasteiger partial charge is 0.119 e. The molecule has 0 aliphatic heterocycles. The van der Waals surface area contributed by atoms with E-state index in [4.69, 9.17) is 0 Å². The van der Waals surface area contributed by atoms with Crippen LogP contribution < -0.4 is 0 Å². The first-order valence-electron chi connectivity index (χ1n) is 5.70. The molecule has 1 rings (SSSR count). The number of aryl methyl sites for hydroxylation is 1. The maximum atomic E-state index is 9.71. The Kier molecular flexibility index (Phi) is 4.58. The zero-order valence-corrected chi connectivity index (χ0v) is 10.3. The first-order valence-corrected chi connectivity index (χ1v) is 5.70. The number of hydrogen-bond acceptors (Lipinski definition) is 1. The van der Waals surface area contributed by atoms with Crippen LogP contribution in [0.15, 0.2) is 30.3 Å². The summed E-state index contributed by atoms with van der Waals surface area (Å²) in [5.74, 6) is 5.94. The molecule has 0 saturated heterocycles. The van der Waals surface area contributed by atoms with Gasteiger partial charge < -0.3 is 5.11 Å². The Labute approximate surface area is 98.5 Å². The van der Waals surface area contributed by atoms with E-state index < -0.39 is 6.10 Å². The summed E-state index contributed by atoms with van der Waals surface area (Å²) in [6.07, 6.45) is 1.21. The molecule has 1 unspecified atom stereocenters. The summed E-state index contributed by atoms with van der Waals surface area (Å²) in [5.41, 5.74) is 1.14. The highest BCUT2D eigenvalue weighted by Crippen LogP contribution is 2.18. The highest BCUT2D eigenvalue weighted by atomic mass is 16.3. The molecule has 0 heterocycles. The average molecular weight is 216 g/mol. The van der Waals surface area contributed by atoms with Crippen LogP contribution in [0.25, 0.3) is 0 Å². The maximum Gasteiger partial charge on any atom is 0.119 e. The lowest BCUT2D eigenvalue weighted by Gasteiger charge is -2.20. The van der Waals surface area contributed by atoms with Crippen LogP contribution in [-0.4, -0.2) is 11.2 Å². The monoisotopic (exact) mass is 216 g/mol. The van der Waals surface area contributed by atoms with Crippen molar-refractivity contribution in [1.29, 1.82) is 0 Å². The molecule has 0 radical (unpaired) electrons. The van der Waals surface area contributed by atoms with Gasteiger partial charge in [-0.3, -0.25) is 0 Å². The van der Waals surface area contributed by atoms with Gasteiger partial charge >= 0.3 is 0 Å². The van der Waals surface area contributed by atoms with Gasteiger partial charge in [-0.05, 0) is 17.4 Å². The van der Waals surface area contributed by atoms with Gasteiger partial charge in [0.1, 0.15) is 6.10 Å². The van der Waals surface area contributed by atoms with Crippen LogP contribution in [0, 0.1) is 17.3 Å². The van der Waals surface area contributed by atoms with Crippen LogP contribution >= 0.6 is 0 Å². The van der Waals surface area contributed by atoms with Gasteiger partial charge in [-0.1, -0.05) is 57.0 Å². The molecule has 86 valence electrons. The molecule has 16 heavy (non-hydrogen) atoms. The van der Waals surface area contributed by atoms with Gasteiger partial charge in [-0.15, -0.1) is 5.92 Å². The Morgan fingerprint density at radius 3 is 2.38 bits per heavy atom. The molecule has 1 heteroatoms. The third kappa shape index (κ3) is 4.51. The lowest BCUT2D eigenvalue weighted by atomic mass is 9.89. The average Bonchev–Trinajstić information content (AvgIpc) is 2.24. The summed E-state index contributed by atoms with van der Waals surface area (Å²) < 4.78 is 0. The van der Waals surface area contributed by atoms with E-state index in [2.05, 4.69) is 24.0 Å². The van der Waals surface area contributed by atoms with E-state index >= 15 is 0 Å². The second kappa shape index (κ2) is 5.72. The quantitative estimate of drug-likeness (QED) is 0.753. The number of aliphatic hydroxyl groups excluding tert-OH is 1. The highest BCUT2D eigenvalue weighted by Gasteiger charge is 2.19. The van der Waals surface area contributed by atoms with Gasteiger partial charge in [0.2, 0.25) is 0 Å².